The molecule has 6 nitrogen and oxygen atoms in total. The van der Waals surface area contributed by atoms with Crippen LogP contribution in [0.4, 0.5) is 5.88 Å². The van der Waals surface area contributed by atoms with Crippen LogP contribution in [0.3, 0.4) is 0 Å². The van der Waals surface area contributed by atoms with Gasteiger partial charge in [-0.25, -0.2) is 4.98 Å². The molecule has 0 atom stereocenters. The summed E-state index contributed by atoms with van der Waals surface area (Å²) >= 11 is 0. The minimum absolute atomic E-state index is 0.105. The Labute approximate surface area is 121 Å². The highest BCUT2D eigenvalue weighted by Crippen LogP contribution is 2.18. The molecule has 2 aromatic heterocycles. The number of fused-ring (bicyclic) bond motifs is 1. The highest BCUT2D eigenvalue weighted by Gasteiger charge is 2.12. The van der Waals surface area contributed by atoms with E-state index in [4.69, 9.17) is 4.52 Å². The van der Waals surface area contributed by atoms with Crippen molar-refractivity contribution in [1.82, 2.24) is 14.7 Å². The molecular weight excluding hydrogens is 268 g/mol. The Bertz CT molecular complexity index is 788. The van der Waals surface area contributed by atoms with Gasteiger partial charge >= 0.3 is 0 Å². The highest BCUT2D eigenvalue weighted by atomic mass is 16.5. The molecule has 6 heteroatoms. The van der Waals surface area contributed by atoms with E-state index >= 15 is 0 Å². The number of anilines is 1. The molecule has 0 saturated carbocycles. The zero-order valence-electron chi connectivity index (χ0n) is 12.0. The van der Waals surface area contributed by atoms with Crippen LogP contribution >= 0.6 is 0 Å². The molecule has 108 valence electrons. The normalized spacial score (nSPS) is 11.0. The number of carbonyl (C=O) groups is 1. The van der Waals surface area contributed by atoms with Gasteiger partial charge in [-0.3, -0.25) is 10.1 Å². The third kappa shape index (κ3) is 2.65. The summed E-state index contributed by atoms with van der Waals surface area (Å²) in [6.45, 7) is 4.27. The van der Waals surface area contributed by atoms with Crippen molar-refractivity contribution in [2.24, 2.45) is 0 Å². The molecule has 3 rings (SSSR count). The summed E-state index contributed by atoms with van der Waals surface area (Å²) in [7, 11) is 0. The molecule has 0 aliphatic heterocycles. The monoisotopic (exact) mass is 284 g/mol. The van der Waals surface area contributed by atoms with Gasteiger partial charge in [0.2, 0.25) is 11.8 Å². The predicted molar refractivity (Wildman–Crippen MR) is 79.0 cm³/mol. The van der Waals surface area contributed by atoms with E-state index in [1.54, 1.807) is 6.33 Å². The molecule has 21 heavy (non-hydrogen) atoms. The number of para-hydroxylation sites is 2. The van der Waals surface area contributed by atoms with Gasteiger partial charge in [-0.05, 0) is 26.0 Å². The van der Waals surface area contributed by atoms with E-state index in [0.717, 1.165) is 22.3 Å². The lowest BCUT2D eigenvalue weighted by molar-refractivity contribution is -0.116. The van der Waals surface area contributed by atoms with Crippen molar-refractivity contribution in [3.8, 4) is 0 Å². The molecule has 0 fully saturated rings. The number of hydrogen-bond donors (Lipinski definition) is 1. The highest BCUT2D eigenvalue weighted by molar-refractivity contribution is 5.90. The fourth-order valence-electron chi connectivity index (χ4n) is 2.13. The Kier molecular flexibility index (Phi) is 3.43. The maximum atomic E-state index is 12.0. The average molecular weight is 284 g/mol. The lowest BCUT2D eigenvalue weighted by Crippen LogP contribution is -2.14. The van der Waals surface area contributed by atoms with Crippen molar-refractivity contribution < 1.29 is 9.32 Å². The van der Waals surface area contributed by atoms with Crippen molar-refractivity contribution in [3.05, 3.63) is 41.9 Å². The van der Waals surface area contributed by atoms with Gasteiger partial charge in [0.25, 0.3) is 0 Å². The molecule has 0 unspecified atom stereocenters. The first-order chi connectivity index (χ1) is 10.1. The smallest absolute Gasteiger partial charge is 0.234 e. The molecule has 0 radical (unpaired) electrons. The van der Waals surface area contributed by atoms with Crippen LogP contribution < -0.4 is 5.32 Å². The Morgan fingerprint density at radius 1 is 1.33 bits per heavy atom. The van der Waals surface area contributed by atoms with Gasteiger partial charge < -0.3 is 9.09 Å². The molecule has 2 heterocycles. The molecule has 1 N–H and O–H groups in total. The first-order valence-electron chi connectivity index (χ1n) is 6.78. The maximum Gasteiger partial charge on any atom is 0.234 e. The van der Waals surface area contributed by atoms with Crippen LogP contribution in [-0.4, -0.2) is 20.6 Å². The Morgan fingerprint density at radius 2 is 2.14 bits per heavy atom. The van der Waals surface area contributed by atoms with Crippen LogP contribution in [0.25, 0.3) is 11.0 Å². The zero-order chi connectivity index (χ0) is 14.8. The Morgan fingerprint density at radius 3 is 2.90 bits per heavy atom. The summed E-state index contributed by atoms with van der Waals surface area (Å²) in [5.41, 5.74) is 3.60. The van der Waals surface area contributed by atoms with E-state index in [1.165, 1.54) is 0 Å². The van der Waals surface area contributed by atoms with Gasteiger partial charge in [0.15, 0.2) is 0 Å². The number of aryl methyl sites for hydroxylation is 2. The van der Waals surface area contributed by atoms with Gasteiger partial charge in [0.1, 0.15) is 0 Å². The SMILES string of the molecule is Cc1noc(NC(=O)CCn2cnc3ccccc32)c1C. The number of nitrogens with one attached hydrogen (secondary N) is 1. The third-order valence-electron chi connectivity index (χ3n) is 3.52. The number of hydrogen-bond acceptors (Lipinski definition) is 4. The van der Waals surface area contributed by atoms with Crippen molar-refractivity contribution >= 4 is 22.8 Å². The fourth-order valence-corrected chi connectivity index (χ4v) is 2.13. The molecule has 0 spiro atoms. The number of rotatable bonds is 4. The topological polar surface area (TPSA) is 73.0 Å². The largest absolute Gasteiger partial charge is 0.338 e. The van der Waals surface area contributed by atoms with Crippen molar-refractivity contribution in [2.75, 3.05) is 5.32 Å². The predicted octanol–water partition coefficient (Wildman–Crippen LogP) is 2.67. The molecule has 0 aliphatic carbocycles. The van der Waals surface area contributed by atoms with Crippen LogP contribution in [0.15, 0.2) is 35.1 Å². The maximum absolute atomic E-state index is 12.0. The second-order valence-electron chi connectivity index (χ2n) is 4.95. The van der Waals surface area contributed by atoms with Gasteiger partial charge in [0.05, 0.1) is 23.1 Å². The summed E-state index contributed by atoms with van der Waals surface area (Å²) in [5.74, 6) is 0.319. The molecule has 0 aliphatic rings. The average Bonchev–Trinajstić information content (AvgIpc) is 3.04. The Hall–Kier alpha value is -2.63. The second kappa shape index (κ2) is 5.40. The van der Waals surface area contributed by atoms with Gasteiger partial charge in [-0.2, -0.15) is 0 Å². The summed E-state index contributed by atoms with van der Waals surface area (Å²) in [4.78, 5) is 16.3. The number of carbonyl (C=O) groups excluding carboxylic acids is 1. The molecule has 0 saturated heterocycles. The first-order valence-corrected chi connectivity index (χ1v) is 6.78. The van der Waals surface area contributed by atoms with E-state index < -0.39 is 0 Å². The van der Waals surface area contributed by atoms with E-state index in [9.17, 15) is 4.79 Å². The van der Waals surface area contributed by atoms with Crippen LogP contribution in [0, 0.1) is 13.8 Å². The van der Waals surface area contributed by atoms with Gasteiger partial charge in [-0.1, -0.05) is 17.3 Å². The zero-order valence-corrected chi connectivity index (χ0v) is 12.0. The minimum Gasteiger partial charge on any atom is -0.338 e. The lowest BCUT2D eigenvalue weighted by atomic mass is 10.3. The van der Waals surface area contributed by atoms with E-state index in [2.05, 4.69) is 15.5 Å². The molecule has 0 bridgehead atoms. The second-order valence-corrected chi connectivity index (χ2v) is 4.95. The van der Waals surface area contributed by atoms with Crippen molar-refractivity contribution in [3.63, 3.8) is 0 Å². The van der Waals surface area contributed by atoms with Gasteiger partial charge in [-0.15, -0.1) is 0 Å². The summed E-state index contributed by atoms with van der Waals surface area (Å²) in [6, 6.07) is 7.85. The number of imidazole rings is 1. The molecule has 3 aromatic rings. The summed E-state index contributed by atoms with van der Waals surface area (Å²) in [5, 5.41) is 6.55. The lowest BCUT2D eigenvalue weighted by Gasteiger charge is -2.04. The fraction of sp³-hybridized carbons (Fsp3) is 0.267. The standard InChI is InChI=1S/C15H16N4O2/c1-10-11(2)18-21-15(10)17-14(20)7-8-19-9-16-12-5-3-4-6-13(12)19/h3-6,9H,7-8H2,1-2H3,(H,17,20). The summed E-state index contributed by atoms with van der Waals surface area (Å²) in [6.07, 6.45) is 2.10. The Balaban J connectivity index is 1.65. The summed E-state index contributed by atoms with van der Waals surface area (Å²) < 4.78 is 7.04. The number of nitrogens with zero attached hydrogens (tertiary/aromatic N) is 3. The van der Waals surface area contributed by atoms with Crippen LogP contribution in [0.1, 0.15) is 17.7 Å². The van der Waals surface area contributed by atoms with E-state index in [-0.39, 0.29) is 5.91 Å². The minimum atomic E-state index is -0.105. The number of aromatic nitrogens is 3. The van der Waals surface area contributed by atoms with Crippen LogP contribution in [0.2, 0.25) is 0 Å². The molecular formula is C15H16N4O2. The first kappa shape index (κ1) is 13.4. The number of amides is 1. The van der Waals surface area contributed by atoms with E-state index in [0.29, 0.717) is 18.8 Å². The molecule has 1 amide bonds. The van der Waals surface area contributed by atoms with Crippen molar-refractivity contribution in [1.29, 1.82) is 0 Å². The van der Waals surface area contributed by atoms with Crippen LogP contribution in [0.5, 0.6) is 0 Å². The van der Waals surface area contributed by atoms with Crippen molar-refractivity contribution in [2.45, 2.75) is 26.8 Å². The molecule has 1 aromatic carbocycles. The van der Waals surface area contributed by atoms with Crippen LogP contribution in [-0.2, 0) is 11.3 Å². The van der Waals surface area contributed by atoms with E-state index in [1.807, 2.05) is 42.7 Å². The number of benzene rings is 1. The van der Waals surface area contributed by atoms with Gasteiger partial charge in [0, 0.05) is 18.5 Å². The quantitative estimate of drug-likeness (QED) is 0.799. The third-order valence-corrected chi connectivity index (χ3v) is 3.52.